The van der Waals surface area contributed by atoms with E-state index in [-0.39, 0.29) is 6.61 Å². The number of hydrogen-bond acceptors (Lipinski definition) is 8. The zero-order chi connectivity index (χ0) is 17.6. The van der Waals surface area contributed by atoms with E-state index in [1.807, 2.05) is 16.7 Å². The van der Waals surface area contributed by atoms with E-state index >= 15 is 0 Å². The van der Waals surface area contributed by atoms with Gasteiger partial charge in [-0.05, 0) is 19.1 Å². The van der Waals surface area contributed by atoms with E-state index in [0.29, 0.717) is 30.3 Å². The zero-order valence-electron chi connectivity index (χ0n) is 13.5. The predicted molar refractivity (Wildman–Crippen MR) is 93.6 cm³/mol. The fourth-order valence-corrected chi connectivity index (χ4v) is 3.94. The van der Waals surface area contributed by atoms with Crippen LogP contribution < -0.4 is 0 Å². The molecule has 3 aromatic heterocycles. The standard InChI is InChI=1S/C16H17N3O4S2/c1-2-22-15(21)13-9-24-14(18-13)10-25-16-17-6-11(8-20)19(16)7-12-4-3-5-23-12/h3-6,9,20H,2,7-8,10H2,1H3. The van der Waals surface area contributed by atoms with Crippen molar-refractivity contribution in [2.75, 3.05) is 6.61 Å². The molecule has 3 rings (SSSR count). The van der Waals surface area contributed by atoms with Crippen LogP contribution in [0.4, 0.5) is 0 Å². The van der Waals surface area contributed by atoms with Crippen LogP contribution in [0.15, 0.2) is 39.5 Å². The first-order valence-electron chi connectivity index (χ1n) is 7.63. The van der Waals surface area contributed by atoms with Crippen molar-refractivity contribution < 1.29 is 19.1 Å². The van der Waals surface area contributed by atoms with Gasteiger partial charge in [-0.1, -0.05) is 11.8 Å². The van der Waals surface area contributed by atoms with Crippen molar-refractivity contribution in [3.63, 3.8) is 0 Å². The molecule has 0 aliphatic rings. The second-order valence-electron chi connectivity index (χ2n) is 4.99. The van der Waals surface area contributed by atoms with Gasteiger partial charge in [0.05, 0.1) is 43.7 Å². The molecule has 7 nitrogen and oxygen atoms in total. The molecule has 0 aliphatic carbocycles. The average molecular weight is 379 g/mol. The maximum Gasteiger partial charge on any atom is 0.357 e. The Hall–Kier alpha value is -2.10. The third-order valence-electron chi connectivity index (χ3n) is 3.32. The number of imidazole rings is 1. The molecule has 9 heteroatoms. The van der Waals surface area contributed by atoms with Crippen LogP contribution in [-0.2, 0) is 23.6 Å². The quantitative estimate of drug-likeness (QED) is 0.475. The molecule has 1 N–H and O–H groups in total. The van der Waals surface area contributed by atoms with E-state index in [2.05, 4.69) is 9.97 Å². The van der Waals surface area contributed by atoms with Crippen LogP contribution in [0.5, 0.6) is 0 Å². The van der Waals surface area contributed by atoms with Crippen molar-refractivity contribution in [1.29, 1.82) is 0 Å². The lowest BCUT2D eigenvalue weighted by Crippen LogP contribution is -2.06. The van der Waals surface area contributed by atoms with Crippen LogP contribution in [0.25, 0.3) is 0 Å². The van der Waals surface area contributed by atoms with Crippen LogP contribution in [0.1, 0.15) is 33.9 Å². The molecule has 0 atom stereocenters. The highest BCUT2D eigenvalue weighted by Crippen LogP contribution is 2.26. The molecule has 0 spiro atoms. The van der Waals surface area contributed by atoms with Crippen LogP contribution in [-0.4, -0.2) is 32.2 Å². The lowest BCUT2D eigenvalue weighted by molar-refractivity contribution is 0.0520. The number of carbonyl (C=O) groups is 1. The minimum atomic E-state index is -0.406. The van der Waals surface area contributed by atoms with Crippen molar-refractivity contribution in [1.82, 2.24) is 14.5 Å². The lowest BCUT2D eigenvalue weighted by Gasteiger charge is -2.08. The molecule has 0 bridgehead atoms. The van der Waals surface area contributed by atoms with Gasteiger partial charge in [-0.25, -0.2) is 14.8 Å². The maximum atomic E-state index is 11.7. The summed E-state index contributed by atoms with van der Waals surface area (Å²) in [6.07, 6.45) is 3.27. The fraction of sp³-hybridized carbons (Fsp3) is 0.312. The van der Waals surface area contributed by atoms with Crippen molar-refractivity contribution in [2.45, 2.75) is 31.0 Å². The monoisotopic (exact) mass is 379 g/mol. The van der Waals surface area contributed by atoms with Gasteiger partial charge >= 0.3 is 5.97 Å². The number of furan rings is 1. The molecule has 0 aliphatic heterocycles. The summed E-state index contributed by atoms with van der Waals surface area (Å²) < 4.78 is 12.2. The molecule has 3 aromatic rings. The van der Waals surface area contributed by atoms with Gasteiger partial charge in [-0.15, -0.1) is 11.3 Å². The summed E-state index contributed by atoms with van der Waals surface area (Å²) >= 11 is 2.90. The molecule has 0 saturated heterocycles. The molecule has 3 heterocycles. The van der Waals surface area contributed by atoms with Crippen molar-refractivity contribution >= 4 is 29.1 Å². The molecule has 25 heavy (non-hydrogen) atoms. The summed E-state index contributed by atoms with van der Waals surface area (Å²) in [6, 6.07) is 3.70. The minimum Gasteiger partial charge on any atom is -0.467 e. The number of aliphatic hydroxyl groups excluding tert-OH is 1. The highest BCUT2D eigenvalue weighted by atomic mass is 32.2. The number of aliphatic hydroxyl groups is 1. The van der Waals surface area contributed by atoms with Gasteiger partial charge in [-0.2, -0.15) is 0 Å². The fourth-order valence-electron chi connectivity index (χ4n) is 2.16. The zero-order valence-corrected chi connectivity index (χ0v) is 15.2. The summed E-state index contributed by atoms with van der Waals surface area (Å²) in [7, 11) is 0. The highest BCUT2D eigenvalue weighted by molar-refractivity contribution is 7.98. The number of ether oxygens (including phenoxy) is 1. The van der Waals surface area contributed by atoms with Gasteiger partial charge in [0.15, 0.2) is 10.9 Å². The van der Waals surface area contributed by atoms with Gasteiger partial charge in [0.25, 0.3) is 0 Å². The Kier molecular flexibility index (Phi) is 5.90. The summed E-state index contributed by atoms with van der Waals surface area (Å²) in [5.74, 6) is 0.953. The normalized spacial score (nSPS) is 11.0. The Morgan fingerprint density at radius 1 is 1.52 bits per heavy atom. The van der Waals surface area contributed by atoms with Crippen LogP contribution in [0.2, 0.25) is 0 Å². The van der Waals surface area contributed by atoms with Crippen molar-refractivity contribution in [2.24, 2.45) is 0 Å². The molecule has 0 fully saturated rings. The maximum absolute atomic E-state index is 11.7. The summed E-state index contributed by atoms with van der Waals surface area (Å²) in [6.45, 7) is 2.49. The van der Waals surface area contributed by atoms with E-state index in [1.165, 1.54) is 23.1 Å². The topological polar surface area (TPSA) is 90.4 Å². The number of carbonyl (C=O) groups excluding carboxylic acids is 1. The molecule has 0 amide bonds. The van der Waals surface area contributed by atoms with Crippen LogP contribution in [0, 0.1) is 0 Å². The number of thioether (sulfide) groups is 1. The molecule has 0 aromatic carbocycles. The number of aromatic nitrogens is 3. The molecule has 0 saturated carbocycles. The number of rotatable bonds is 8. The van der Waals surface area contributed by atoms with E-state index in [0.717, 1.165) is 15.9 Å². The van der Waals surface area contributed by atoms with Gasteiger partial charge in [0, 0.05) is 5.38 Å². The second-order valence-corrected chi connectivity index (χ2v) is 6.88. The van der Waals surface area contributed by atoms with E-state index in [1.54, 1.807) is 24.8 Å². The Balaban J connectivity index is 1.69. The van der Waals surface area contributed by atoms with E-state index in [4.69, 9.17) is 9.15 Å². The predicted octanol–water partition coefficient (Wildman–Crippen LogP) is 2.94. The van der Waals surface area contributed by atoms with Gasteiger partial charge in [-0.3, -0.25) is 0 Å². The molecule has 0 radical (unpaired) electrons. The van der Waals surface area contributed by atoms with E-state index in [9.17, 15) is 9.90 Å². The first kappa shape index (κ1) is 17.7. The summed E-state index contributed by atoms with van der Waals surface area (Å²) in [5.41, 5.74) is 1.04. The smallest absolute Gasteiger partial charge is 0.357 e. The number of hydrogen-bond donors (Lipinski definition) is 1. The number of nitrogens with zero attached hydrogens (tertiary/aromatic N) is 3. The Morgan fingerprint density at radius 2 is 2.40 bits per heavy atom. The third kappa shape index (κ3) is 4.30. The van der Waals surface area contributed by atoms with Gasteiger partial charge in [0.1, 0.15) is 10.8 Å². The summed E-state index contributed by atoms with van der Waals surface area (Å²) in [5, 5.41) is 12.8. The van der Waals surface area contributed by atoms with Gasteiger partial charge in [0.2, 0.25) is 0 Å². The molecular weight excluding hydrogens is 362 g/mol. The van der Waals surface area contributed by atoms with Crippen molar-refractivity contribution in [3.8, 4) is 0 Å². The lowest BCUT2D eigenvalue weighted by atomic mass is 10.4. The Labute approximate surface area is 152 Å². The molecule has 0 unspecified atom stereocenters. The van der Waals surface area contributed by atoms with Crippen LogP contribution in [0.3, 0.4) is 0 Å². The second kappa shape index (κ2) is 8.32. The van der Waals surface area contributed by atoms with Crippen molar-refractivity contribution in [3.05, 3.63) is 52.1 Å². The number of thiazole rings is 1. The molecular formula is C16H17N3O4S2. The summed E-state index contributed by atoms with van der Waals surface area (Å²) in [4.78, 5) is 20.3. The largest absolute Gasteiger partial charge is 0.467 e. The van der Waals surface area contributed by atoms with E-state index < -0.39 is 5.97 Å². The first-order valence-corrected chi connectivity index (χ1v) is 9.49. The highest BCUT2D eigenvalue weighted by Gasteiger charge is 2.15. The van der Waals surface area contributed by atoms with Crippen LogP contribution >= 0.6 is 23.1 Å². The third-order valence-corrected chi connectivity index (χ3v) is 5.35. The first-order chi connectivity index (χ1) is 12.2. The average Bonchev–Trinajstić information content (AvgIpc) is 3.35. The Morgan fingerprint density at radius 3 is 3.12 bits per heavy atom. The minimum absolute atomic E-state index is 0.0987. The molecule has 132 valence electrons. The Bertz CT molecular complexity index is 826. The van der Waals surface area contributed by atoms with Gasteiger partial charge < -0.3 is 18.8 Å². The SMILES string of the molecule is CCOC(=O)c1csc(CSc2ncc(CO)n2Cc2ccco2)n1. The number of esters is 1.